The molecular weight excluding hydrogens is 759 g/mol. The van der Waals surface area contributed by atoms with E-state index < -0.39 is 19.8 Å². The number of halogens is 1. The Morgan fingerprint density at radius 2 is 1.60 bits per heavy atom. The second-order valence-corrected chi connectivity index (χ2v) is 19.7. The SMILES string of the molecule is COc1ccc([Si](C)(C)[C@@H]2[C@@H](CC(=O)N(CCO)Cc3ccccc3)O[C@]3(C(=O)N(Cc4ccc(I)cc4)c4ccc(OC)cc43)[C@H]2C)cc1. The van der Waals surface area contributed by atoms with Crippen molar-refractivity contribution in [3.05, 3.63) is 117 Å². The summed E-state index contributed by atoms with van der Waals surface area (Å²) in [5.41, 5.74) is 2.13. The Labute approximate surface area is 309 Å². The standard InChI is InChI=1S/C40H45IN2O6Si/c1-27-38(50(4,5)33-18-15-31(47-2)16-19-33)36(24-37(45)42(21-22-44)25-28-9-7-6-8-10-28)49-40(27)34-23-32(48-3)17-20-35(34)43(39(40)46)26-29-11-13-30(41)14-12-29/h6-20,23,27,36,38,44H,21-22,24-26H2,1-5H3/t27-,36+,38-,40+/m0/s1. The molecule has 0 aliphatic carbocycles. The van der Waals surface area contributed by atoms with Crippen LogP contribution in [0.3, 0.4) is 0 Å². The Balaban J connectivity index is 1.44. The van der Waals surface area contributed by atoms with Crippen molar-refractivity contribution in [2.45, 2.75) is 56.8 Å². The zero-order chi connectivity index (χ0) is 35.6. The highest BCUT2D eigenvalue weighted by molar-refractivity contribution is 14.1. The van der Waals surface area contributed by atoms with Crippen LogP contribution in [-0.2, 0) is 33.0 Å². The first kappa shape index (κ1) is 36.1. The maximum atomic E-state index is 15.1. The van der Waals surface area contributed by atoms with E-state index in [0.717, 1.165) is 31.7 Å². The monoisotopic (exact) mass is 804 g/mol. The average Bonchev–Trinajstić information content (AvgIpc) is 3.55. The van der Waals surface area contributed by atoms with E-state index in [0.29, 0.717) is 18.8 Å². The molecule has 4 aromatic rings. The van der Waals surface area contributed by atoms with Gasteiger partial charge in [-0.25, -0.2) is 0 Å². The van der Waals surface area contributed by atoms with Gasteiger partial charge < -0.3 is 29.1 Å². The second kappa shape index (κ2) is 14.9. The van der Waals surface area contributed by atoms with Crippen LogP contribution in [0.2, 0.25) is 18.6 Å². The Hall–Kier alpha value is -3.71. The van der Waals surface area contributed by atoms with Gasteiger partial charge in [-0.1, -0.05) is 79.8 Å². The van der Waals surface area contributed by atoms with Crippen molar-refractivity contribution in [2.75, 3.05) is 32.3 Å². The van der Waals surface area contributed by atoms with E-state index in [2.05, 4.69) is 66.9 Å². The van der Waals surface area contributed by atoms with Gasteiger partial charge in [-0.3, -0.25) is 9.59 Å². The first-order valence-corrected chi connectivity index (χ1v) is 21.2. The maximum absolute atomic E-state index is 15.1. The lowest BCUT2D eigenvalue weighted by atomic mass is 9.82. The Bertz CT molecular complexity index is 1820. The predicted molar refractivity (Wildman–Crippen MR) is 206 cm³/mol. The van der Waals surface area contributed by atoms with Crippen LogP contribution in [0.4, 0.5) is 5.69 Å². The Morgan fingerprint density at radius 3 is 2.24 bits per heavy atom. The fourth-order valence-corrected chi connectivity index (χ4v) is 12.4. The fourth-order valence-electron chi connectivity index (χ4n) is 8.07. The fraction of sp³-hybridized carbons (Fsp3) is 0.350. The molecular formula is C40H45IN2O6Si. The highest BCUT2D eigenvalue weighted by Gasteiger charge is 2.66. The number of aliphatic hydroxyl groups excluding tert-OH is 1. The van der Waals surface area contributed by atoms with Crippen molar-refractivity contribution in [1.82, 2.24) is 4.90 Å². The molecule has 0 saturated carbocycles. The lowest BCUT2D eigenvalue weighted by Crippen LogP contribution is -2.52. The third kappa shape index (κ3) is 6.70. The summed E-state index contributed by atoms with van der Waals surface area (Å²) in [5.74, 6) is 0.903. The molecule has 2 heterocycles. The molecule has 10 heteroatoms. The minimum Gasteiger partial charge on any atom is -0.497 e. The number of methoxy groups -OCH3 is 2. The number of ether oxygens (including phenoxy) is 3. The van der Waals surface area contributed by atoms with E-state index in [-0.39, 0.29) is 42.8 Å². The minimum absolute atomic E-state index is 0.0832. The number of nitrogens with zero attached hydrogens (tertiary/aromatic N) is 2. The quantitative estimate of drug-likeness (QED) is 0.130. The number of rotatable bonds is 12. The Kier molecular flexibility index (Phi) is 10.7. The molecule has 1 fully saturated rings. The van der Waals surface area contributed by atoms with Gasteiger partial charge in [0.05, 0.1) is 53.7 Å². The summed E-state index contributed by atoms with van der Waals surface area (Å²) in [6.45, 7) is 7.55. The molecule has 6 rings (SSSR count). The molecule has 50 heavy (non-hydrogen) atoms. The Morgan fingerprint density at radius 1 is 0.940 bits per heavy atom. The first-order chi connectivity index (χ1) is 24.0. The molecule has 1 spiro atoms. The lowest BCUT2D eigenvalue weighted by molar-refractivity contribution is -0.150. The van der Waals surface area contributed by atoms with Gasteiger partial charge in [0.1, 0.15) is 11.5 Å². The summed E-state index contributed by atoms with van der Waals surface area (Å²) >= 11 is 2.28. The van der Waals surface area contributed by atoms with E-state index in [9.17, 15) is 9.90 Å². The number of benzene rings is 4. The zero-order valence-corrected chi connectivity index (χ0v) is 32.4. The van der Waals surface area contributed by atoms with Crippen LogP contribution in [-0.4, -0.2) is 63.4 Å². The van der Waals surface area contributed by atoms with Gasteiger partial charge in [0.25, 0.3) is 5.91 Å². The summed E-state index contributed by atoms with van der Waals surface area (Å²) in [5, 5.41) is 11.2. The van der Waals surface area contributed by atoms with Crippen molar-refractivity contribution in [3.8, 4) is 11.5 Å². The number of carbonyl (C=O) groups excluding carboxylic acids is 2. The number of amides is 2. The molecule has 2 aliphatic rings. The van der Waals surface area contributed by atoms with Gasteiger partial charge in [-0.05, 0) is 81.7 Å². The number of carbonyl (C=O) groups is 2. The second-order valence-electron chi connectivity index (χ2n) is 13.8. The molecule has 0 bridgehead atoms. The maximum Gasteiger partial charge on any atom is 0.264 e. The lowest BCUT2D eigenvalue weighted by Gasteiger charge is -2.37. The van der Waals surface area contributed by atoms with Crippen LogP contribution in [0.25, 0.3) is 0 Å². The smallest absolute Gasteiger partial charge is 0.264 e. The molecule has 8 nitrogen and oxygen atoms in total. The molecule has 1 saturated heterocycles. The van der Waals surface area contributed by atoms with Gasteiger partial charge in [0.2, 0.25) is 5.91 Å². The normalized spacial score (nSPS) is 21.4. The highest BCUT2D eigenvalue weighted by Crippen LogP contribution is 2.60. The van der Waals surface area contributed by atoms with Gasteiger partial charge in [0, 0.05) is 28.1 Å². The summed E-state index contributed by atoms with van der Waals surface area (Å²) in [6, 6.07) is 32.0. The van der Waals surface area contributed by atoms with Crippen molar-refractivity contribution >= 4 is 53.4 Å². The van der Waals surface area contributed by atoms with Crippen LogP contribution in [0.15, 0.2) is 97.1 Å². The van der Waals surface area contributed by atoms with Crippen LogP contribution in [0, 0.1) is 9.49 Å². The van der Waals surface area contributed by atoms with Gasteiger partial charge in [-0.2, -0.15) is 0 Å². The van der Waals surface area contributed by atoms with E-state index in [4.69, 9.17) is 14.2 Å². The highest BCUT2D eigenvalue weighted by atomic mass is 127. The molecule has 2 aliphatic heterocycles. The minimum atomic E-state index is -2.47. The molecule has 0 radical (unpaired) electrons. The van der Waals surface area contributed by atoms with E-state index in [1.807, 2.05) is 77.7 Å². The van der Waals surface area contributed by atoms with Crippen molar-refractivity contribution in [1.29, 1.82) is 0 Å². The predicted octanol–water partition coefficient (Wildman–Crippen LogP) is 6.48. The number of anilines is 1. The molecule has 262 valence electrons. The molecule has 0 aromatic heterocycles. The molecule has 4 aromatic carbocycles. The molecule has 1 N–H and O–H groups in total. The topological polar surface area (TPSA) is 88.5 Å². The van der Waals surface area contributed by atoms with E-state index in [1.54, 1.807) is 19.1 Å². The van der Waals surface area contributed by atoms with Crippen LogP contribution >= 0.6 is 22.6 Å². The van der Waals surface area contributed by atoms with Crippen molar-refractivity contribution in [3.63, 3.8) is 0 Å². The molecule has 2 amide bonds. The zero-order valence-electron chi connectivity index (χ0n) is 29.3. The largest absolute Gasteiger partial charge is 0.497 e. The average molecular weight is 805 g/mol. The summed E-state index contributed by atoms with van der Waals surface area (Å²) in [6.07, 6.45) is -0.473. The third-order valence-corrected chi connectivity index (χ3v) is 15.7. The molecule has 0 unspecified atom stereocenters. The number of hydrogen-bond donors (Lipinski definition) is 1. The van der Waals surface area contributed by atoms with Crippen molar-refractivity contribution < 1.29 is 28.9 Å². The van der Waals surface area contributed by atoms with Crippen LogP contribution in [0.1, 0.15) is 30.0 Å². The van der Waals surface area contributed by atoms with E-state index >= 15 is 4.79 Å². The van der Waals surface area contributed by atoms with Crippen LogP contribution < -0.4 is 19.6 Å². The first-order valence-electron chi connectivity index (χ1n) is 17.0. The van der Waals surface area contributed by atoms with E-state index in [1.165, 1.54) is 5.19 Å². The molecule has 4 atom stereocenters. The van der Waals surface area contributed by atoms with Gasteiger partial charge in [0.15, 0.2) is 5.60 Å². The summed E-state index contributed by atoms with van der Waals surface area (Å²) < 4.78 is 19.5. The number of aliphatic hydroxyl groups is 1. The summed E-state index contributed by atoms with van der Waals surface area (Å²) in [4.78, 5) is 32.9. The van der Waals surface area contributed by atoms with Gasteiger partial charge in [-0.15, -0.1) is 0 Å². The number of hydrogen-bond acceptors (Lipinski definition) is 6. The third-order valence-electron chi connectivity index (χ3n) is 10.6. The van der Waals surface area contributed by atoms with Crippen LogP contribution in [0.5, 0.6) is 11.5 Å². The summed E-state index contributed by atoms with van der Waals surface area (Å²) in [7, 11) is 0.806. The van der Waals surface area contributed by atoms with Crippen molar-refractivity contribution in [2.24, 2.45) is 5.92 Å². The van der Waals surface area contributed by atoms with Gasteiger partial charge >= 0.3 is 0 Å². The number of fused-ring (bicyclic) bond motifs is 2.